The zero-order valence-corrected chi connectivity index (χ0v) is 42.0. The van der Waals surface area contributed by atoms with Crippen LogP contribution in [-0.2, 0) is 21.1 Å². The fourth-order valence-electron chi connectivity index (χ4n) is 11.2. The summed E-state index contributed by atoms with van der Waals surface area (Å²) in [5, 5.41) is 12.8. The number of hydrogen-bond acceptors (Lipinski definition) is 4. The van der Waals surface area contributed by atoms with Crippen molar-refractivity contribution >= 4 is 98.5 Å². The molecule has 0 radical (unpaired) electrons. The number of pyridine rings is 1. The largest absolute Gasteiger partial charge is 0.509 e. The number of hydrogen-bond donors (Lipinski definition) is 0. The molecule has 0 saturated carbocycles. The van der Waals surface area contributed by atoms with Crippen LogP contribution in [0.4, 0.5) is 22.7 Å². The molecule has 5 nitrogen and oxygen atoms in total. The van der Waals surface area contributed by atoms with E-state index in [4.69, 9.17) is 9.72 Å². The number of anilines is 4. The van der Waals surface area contributed by atoms with E-state index >= 15 is 0 Å². The third kappa shape index (κ3) is 7.07. The molecule has 1 aliphatic rings. The molecule has 2 aromatic heterocycles. The SMILES string of the molecule is [Pt].[c-]1c(Oc2[c-]c3c(cc2)c2ccccc2n3-c2nc3ccc4ccc5ccccc5c4c3c3c2ccc2ccccc23)cc(-c2ccccc2)cc1N1[CH-]N(c2ccc(-c3ccccc3)cc2)c2ccccc21. The summed E-state index contributed by atoms with van der Waals surface area (Å²) in [4.78, 5) is 10.1. The summed E-state index contributed by atoms with van der Waals surface area (Å²) in [6.07, 6.45) is 0. The minimum atomic E-state index is 0. The van der Waals surface area contributed by atoms with Crippen LogP contribution in [0.3, 0.4) is 0 Å². The van der Waals surface area contributed by atoms with Gasteiger partial charge in [0.25, 0.3) is 0 Å². The maximum absolute atomic E-state index is 7.00. The topological polar surface area (TPSA) is 33.5 Å². The van der Waals surface area contributed by atoms with Gasteiger partial charge in [0.2, 0.25) is 0 Å². The summed E-state index contributed by atoms with van der Waals surface area (Å²) < 4.78 is 9.28. The van der Waals surface area contributed by atoms with Crippen LogP contribution >= 0.6 is 0 Å². The van der Waals surface area contributed by atoms with Crippen molar-refractivity contribution < 1.29 is 25.8 Å². The molecular formula is C68H41N4OPt-3. The molecule has 0 saturated heterocycles. The number of para-hydroxylation sites is 3. The van der Waals surface area contributed by atoms with Crippen molar-refractivity contribution in [3.8, 4) is 39.6 Å². The van der Waals surface area contributed by atoms with E-state index in [0.717, 1.165) is 77.8 Å². The summed E-state index contributed by atoms with van der Waals surface area (Å²) >= 11 is 0. The first-order valence-corrected chi connectivity index (χ1v) is 24.7. The third-order valence-electron chi connectivity index (χ3n) is 14.6. The first kappa shape index (κ1) is 43.7. The van der Waals surface area contributed by atoms with Gasteiger partial charge in [-0.05, 0) is 96.9 Å². The van der Waals surface area contributed by atoms with Crippen LogP contribution in [0.15, 0.2) is 243 Å². The molecule has 0 unspecified atom stereocenters. The van der Waals surface area contributed by atoms with Crippen LogP contribution < -0.4 is 14.5 Å². The van der Waals surface area contributed by atoms with Crippen molar-refractivity contribution in [2.75, 3.05) is 9.80 Å². The minimum Gasteiger partial charge on any atom is -0.509 e. The number of benzene rings is 12. The van der Waals surface area contributed by atoms with E-state index in [1.807, 2.05) is 12.1 Å². The summed E-state index contributed by atoms with van der Waals surface area (Å²) in [6, 6.07) is 93.5. The Labute approximate surface area is 442 Å². The number of ether oxygens (including phenoxy) is 1. The Hall–Kier alpha value is -9.02. The van der Waals surface area contributed by atoms with Gasteiger partial charge in [0, 0.05) is 71.3 Å². The molecule has 0 fully saturated rings. The van der Waals surface area contributed by atoms with E-state index in [-0.39, 0.29) is 21.1 Å². The minimum absolute atomic E-state index is 0. The van der Waals surface area contributed by atoms with Gasteiger partial charge in [0.1, 0.15) is 5.82 Å². The van der Waals surface area contributed by atoms with Crippen molar-refractivity contribution in [1.82, 2.24) is 9.55 Å². The van der Waals surface area contributed by atoms with E-state index in [2.05, 4.69) is 264 Å². The Morgan fingerprint density at radius 2 is 0.973 bits per heavy atom. The zero-order chi connectivity index (χ0) is 48.0. The Kier molecular flexibility index (Phi) is 10.4. The summed E-state index contributed by atoms with van der Waals surface area (Å²) in [5.41, 5.74) is 11.3. The monoisotopic (exact) mass is 1120 g/mol. The van der Waals surface area contributed by atoms with Gasteiger partial charge >= 0.3 is 0 Å². The van der Waals surface area contributed by atoms with Crippen LogP contribution in [0.25, 0.3) is 104 Å². The van der Waals surface area contributed by atoms with Crippen LogP contribution in [-0.4, -0.2) is 9.55 Å². The van der Waals surface area contributed by atoms with Gasteiger partial charge in [-0.3, -0.25) is 0 Å². The number of rotatable bonds is 7. The standard InChI is InChI=1S/C68H41N4O.Pt/c1-3-15-44(16-4-1)46-29-33-51(34-30-46)70-43-71(63-26-14-13-25-62(63)70)52-39-50(45-17-5-2-6-18-45)40-54(41-52)73-53-35-37-58-57-23-11-12-24-61(57)72(64(58)42-53)68-59-36-31-48-20-8-10-22-56(48)66(59)67-60(69-68)38-32-49-28-27-47-19-7-9-21-55(47)65(49)67;/h1-40,43H;/q-3;. The molecule has 14 aromatic rings. The van der Waals surface area contributed by atoms with Crippen molar-refractivity contribution in [2.24, 2.45) is 0 Å². The average molecular weight is 1130 g/mol. The molecule has 74 heavy (non-hydrogen) atoms. The van der Waals surface area contributed by atoms with E-state index in [1.165, 1.54) is 48.8 Å². The molecule has 15 rings (SSSR count). The third-order valence-corrected chi connectivity index (χ3v) is 14.6. The molecule has 12 aromatic carbocycles. The second kappa shape index (κ2) is 17.6. The molecule has 3 heterocycles. The van der Waals surface area contributed by atoms with Crippen LogP contribution in [0, 0.1) is 18.8 Å². The van der Waals surface area contributed by atoms with Crippen molar-refractivity contribution in [1.29, 1.82) is 0 Å². The zero-order valence-electron chi connectivity index (χ0n) is 39.7. The first-order valence-electron chi connectivity index (χ1n) is 24.7. The van der Waals surface area contributed by atoms with Gasteiger partial charge in [-0.15, -0.1) is 53.6 Å². The Morgan fingerprint density at radius 3 is 1.73 bits per heavy atom. The molecule has 0 aliphatic carbocycles. The number of aromatic nitrogens is 2. The van der Waals surface area contributed by atoms with Crippen LogP contribution in [0.2, 0.25) is 0 Å². The van der Waals surface area contributed by atoms with Crippen molar-refractivity contribution in [3.05, 3.63) is 261 Å². The van der Waals surface area contributed by atoms with Gasteiger partial charge in [-0.25, -0.2) is 4.98 Å². The van der Waals surface area contributed by atoms with Crippen molar-refractivity contribution in [3.63, 3.8) is 0 Å². The van der Waals surface area contributed by atoms with Gasteiger partial charge < -0.3 is 19.1 Å². The quantitative estimate of drug-likeness (QED) is 0.118. The normalized spacial score (nSPS) is 12.4. The Bertz CT molecular complexity index is 4510. The molecule has 0 atom stereocenters. The Morgan fingerprint density at radius 1 is 0.392 bits per heavy atom. The molecule has 352 valence electrons. The van der Waals surface area contributed by atoms with Gasteiger partial charge in [0.05, 0.1) is 5.52 Å². The molecule has 6 heteroatoms. The molecular weight excluding hydrogens is 1080 g/mol. The van der Waals surface area contributed by atoms with Gasteiger partial charge in [-0.2, -0.15) is 6.07 Å². The second-order valence-electron chi connectivity index (χ2n) is 18.8. The molecule has 0 spiro atoms. The second-order valence-corrected chi connectivity index (χ2v) is 18.8. The van der Waals surface area contributed by atoms with Crippen LogP contribution in [0.5, 0.6) is 11.5 Å². The van der Waals surface area contributed by atoms with E-state index in [1.54, 1.807) is 0 Å². The number of nitrogens with zero attached hydrogens (tertiary/aromatic N) is 4. The van der Waals surface area contributed by atoms with Gasteiger partial charge in [-0.1, -0.05) is 181 Å². The molecule has 0 amide bonds. The van der Waals surface area contributed by atoms with Gasteiger partial charge in [0.15, 0.2) is 0 Å². The number of fused-ring (bicyclic) bond motifs is 13. The van der Waals surface area contributed by atoms with Crippen molar-refractivity contribution in [2.45, 2.75) is 0 Å². The van der Waals surface area contributed by atoms with Crippen LogP contribution in [0.1, 0.15) is 0 Å². The fourth-order valence-corrected chi connectivity index (χ4v) is 11.2. The van der Waals surface area contributed by atoms with E-state index < -0.39 is 0 Å². The Balaban J connectivity index is 0.00000505. The van der Waals surface area contributed by atoms with E-state index in [0.29, 0.717) is 11.5 Å². The maximum atomic E-state index is 7.00. The molecule has 1 aliphatic heterocycles. The molecule has 0 N–H and O–H groups in total. The summed E-state index contributed by atoms with van der Waals surface area (Å²) in [5.74, 6) is 1.99. The molecule has 0 bridgehead atoms. The summed E-state index contributed by atoms with van der Waals surface area (Å²) in [6.45, 7) is 2.15. The predicted octanol–water partition coefficient (Wildman–Crippen LogP) is 18.1. The fraction of sp³-hybridized carbons (Fsp3) is 0. The average Bonchev–Trinajstić information content (AvgIpc) is 4.05. The smallest absolute Gasteiger partial charge is 0.144 e. The summed E-state index contributed by atoms with van der Waals surface area (Å²) in [7, 11) is 0. The first-order chi connectivity index (χ1) is 36.2. The van der Waals surface area contributed by atoms with E-state index in [9.17, 15) is 0 Å². The predicted molar refractivity (Wildman–Crippen MR) is 303 cm³/mol. The maximum Gasteiger partial charge on any atom is 0.144 e.